The molecule has 8 heteroatoms. The summed E-state index contributed by atoms with van der Waals surface area (Å²) in [5.74, 6) is 0.110. The van der Waals surface area contributed by atoms with Gasteiger partial charge >= 0.3 is 5.97 Å². The molecule has 6 atom stereocenters. The fourth-order valence-corrected chi connectivity index (χ4v) is 5.34. The Hall–Kier alpha value is -2.60. The molecule has 2 aliphatic heterocycles. The molecule has 2 heterocycles. The van der Waals surface area contributed by atoms with Crippen LogP contribution in [0.15, 0.2) is 29.8 Å². The first kappa shape index (κ1) is 24.5. The van der Waals surface area contributed by atoms with Crippen molar-refractivity contribution in [2.75, 3.05) is 32.7 Å². The van der Waals surface area contributed by atoms with Crippen molar-refractivity contribution in [2.24, 2.45) is 5.92 Å². The lowest BCUT2D eigenvalue weighted by Crippen LogP contribution is -2.55. The van der Waals surface area contributed by atoms with Crippen LogP contribution in [0.1, 0.15) is 40.0 Å². The van der Waals surface area contributed by atoms with Gasteiger partial charge in [-0.1, -0.05) is 11.6 Å². The highest BCUT2D eigenvalue weighted by Crippen LogP contribution is 2.59. The van der Waals surface area contributed by atoms with Crippen LogP contribution < -0.4 is 10.1 Å². The van der Waals surface area contributed by atoms with Crippen LogP contribution in [0.2, 0.25) is 0 Å². The number of allylic oxidation sites excluding steroid dienone is 1. The number of methoxy groups -OCH3 is 2. The average Bonchev–Trinajstić information content (AvgIpc) is 3.74. The van der Waals surface area contributed by atoms with Crippen molar-refractivity contribution in [3.05, 3.63) is 41.3 Å². The molecule has 1 spiro atoms. The second-order valence-electron chi connectivity index (χ2n) is 9.76. The first-order chi connectivity index (χ1) is 16.3. The van der Waals surface area contributed by atoms with E-state index in [4.69, 9.17) is 30.3 Å². The summed E-state index contributed by atoms with van der Waals surface area (Å²) < 4.78 is 29.2. The highest BCUT2D eigenvalue weighted by atomic mass is 16.6. The molecule has 0 bridgehead atoms. The maximum atomic E-state index is 12.7. The lowest BCUT2D eigenvalue weighted by Gasteiger charge is -2.42. The molecular weight excluding hydrogens is 436 g/mol. The highest BCUT2D eigenvalue weighted by Gasteiger charge is 2.72. The minimum atomic E-state index is -0.376. The lowest BCUT2D eigenvalue weighted by atomic mass is 9.68. The Morgan fingerprint density at radius 3 is 2.74 bits per heavy atom. The molecule has 1 aliphatic carbocycles. The predicted octanol–water partition coefficient (Wildman–Crippen LogP) is 4.28. The maximum Gasteiger partial charge on any atom is 0.325 e. The first-order valence-corrected chi connectivity index (χ1v) is 11.7. The third-order valence-corrected chi connectivity index (χ3v) is 7.26. The van der Waals surface area contributed by atoms with Gasteiger partial charge in [0.2, 0.25) is 5.69 Å². The van der Waals surface area contributed by atoms with Crippen LogP contribution in [0.5, 0.6) is 5.75 Å². The number of nitrogens with zero attached hydrogens (tertiary/aromatic N) is 1. The molecule has 34 heavy (non-hydrogen) atoms. The summed E-state index contributed by atoms with van der Waals surface area (Å²) in [5, 5.41) is 3.04. The van der Waals surface area contributed by atoms with E-state index < -0.39 is 0 Å². The number of esters is 1. The number of nitrogens with one attached hydrogen (secondary N) is 1. The van der Waals surface area contributed by atoms with E-state index in [1.165, 1.54) is 12.7 Å². The van der Waals surface area contributed by atoms with E-state index >= 15 is 0 Å². The summed E-state index contributed by atoms with van der Waals surface area (Å²) in [6, 6.07) is 5.12. The van der Waals surface area contributed by atoms with E-state index in [-0.39, 0.29) is 47.9 Å². The zero-order chi connectivity index (χ0) is 24.5. The van der Waals surface area contributed by atoms with Gasteiger partial charge in [-0.2, -0.15) is 0 Å². The molecule has 8 nitrogen and oxygen atoms in total. The van der Waals surface area contributed by atoms with Crippen molar-refractivity contribution in [1.29, 1.82) is 0 Å². The van der Waals surface area contributed by atoms with Crippen molar-refractivity contribution in [1.82, 2.24) is 0 Å². The predicted molar refractivity (Wildman–Crippen MR) is 127 cm³/mol. The topological polar surface area (TPSA) is 86.2 Å². The molecule has 3 aliphatic rings. The standard InChI is InChI=1S/C26H34N2O6/c1-16(2)7-10-21-25(3,34-21)24-23(31-6)20(11-12-26(24)15-32-26)33-22(29)14-28-17-8-9-19(30-5)18(13-17)27-4/h7-9,13,20-21,23-24,28H,10-12,14-15H2,1-3,5-6H3/t20-,21?,23-,24-,25+,26+/m1/s1. The van der Waals surface area contributed by atoms with Crippen molar-refractivity contribution < 1.29 is 28.5 Å². The fraction of sp³-hybridized carbons (Fsp3) is 0.615. The van der Waals surface area contributed by atoms with Gasteiger partial charge in [0.25, 0.3) is 0 Å². The Balaban J connectivity index is 1.40. The molecule has 1 aromatic rings. The molecule has 1 unspecified atom stereocenters. The van der Waals surface area contributed by atoms with E-state index in [1.807, 2.05) is 0 Å². The van der Waals surface area contributed by atoms with Gasteiger partial charge in [-0.3, -0.25) is 4.79 Å². The maximum absolute atomic E-state index is 12.7. The van der Waals surface area contributed by atoms with Gasteiger partial charge in [-0.05, 0) is 58.2 Å². The zero-order valence-corrected chi connectivity index (χ0v) is 20.6. The van der Waals surface area contributed by atoms with E-state index in [2.05, 4.69) is 37.0 Å². The number of hydrogen-bond acceptors (Lipinski definition) is 7. The fourth-order valence-electron chi connectivity index (χ4n) is 5.34. The number of carbonyl (C=O) groups excluding carboxylic acids is 1. The van der Waals surface area contributed by atoms with E-state index in [9.17, 15) is 4.79 Å². The van der Waals surface area contributed by atoms with E-state index in [0.717, 1.165) is 12.8 Å². The summed E-state index contributed by atoms with van der Waals surface area (Å²) in [5.41, 5.74) is 1.67. The SMILES string of the molecule is [C-]#[N+]c1cc(NCC(=O)O[C@@H]2CC[C@]3(CO3)[C@@H]([C@@]3(C)OC3CC=C(C)C)[C@@H]2OC)ccc1OC. The van der Waals surface area contributed by atoms with Crippen LogP contribution in [-0.2, 0) is 23.7 Å². The molecule has 4 rings (SSSR count). The van der Waals surface area contributed by atoms with Gasteiger partial charge in [0.05, 0.1) is 32.3 Å². The van der Waals surface area contributed by atoms with Crippen molar-refractivity contribution in [2.45, 2.75) is 69.5 Å². The zero-order valence-electron chi connectivity index (χ0n) is 20.6. The molecule has 2 saturated heterocycles. The molecular formula is C26H34N2O6. The van der Waals surface area contributed by atoms with Gasteiger partial charge in [0, 0.05) is 12.8 Å². The Kier molecular flexibility index (Phi) is 6.90. The number of anilines is 1. The smallest absolute Gasteiger partial charge is 0.325 e. The second-order valence-corrected chi connectivity index (χ2v) is 9.76. The van der Waals surface area contributed by atoms with Crippen LogP contribution >= 0.6 is 0 Å². The molecule has 0 aromatic heterocycles. The molecule has 3 fully saturated rings. The van der Waals surface area contributed by atoms with E-state index in [0.29, 0.717) is 30.2 Å². The van der Waals surface area contributed by atoms with Crippen LogP contribution in [0, 0.1) is 12.5 Å². The highest BCUT2D eigenvalue weighted by molar-refractivity contribution is 5.76. The molecule has 184 valence electrons. The van der Waals surface area contributed by atoms with Gasteiger partial charge in [-0.15, -0.1) is 0 Å². The van der Waals surface area contributed by atoms with Crippen LogP contribution in [-0.4, -0.2) is 62.9 Å². The minimum absolute atomic E-state index is 0.0112. The van der Waals surface area contributed by atoms with Gasteiger partial charge in [0.1, 0.15) is 35.7 Å². The summed E-state index contributed by atoms with van der Waals surface area (Å²) in [4.78, 5) is 16.2. The van der Waals surface area contributed by atoms with Crippen molar-refractivity contribution >= 4 is 17.3 Å². The Bertz CT molecular complexity index is 993. The largest absolute Gasteiger partial charge is 0.508 e. The van der Waals surface area contributed by atoms with Crippen molar-refractivity contribution in [3.8, 4) is 5.75 Å². The van der Waals surface area contributed by atoms with Crippen LogP contribution in [0.25, 0.3) is 4.85 Å². The summed E-state index contributed by atoms with van der Waals surface area (Å²) in [6.45, 7) is 14.2. The molecule has 0 radical (unpaired) electrons. The minimum Gasteiger partial charge on any atom is -0.508 e. The molecule has 1 N–H and O–H groups in total. The molecule has 1 aromatic carbocycles. The third kappa shape index (κ3) is 4.78. The van der Waals surface area contributed by atoms with Crippen LogP contribution in [0.3, 0.4) is 0 Å². The van der Waals surface area contributed by atoms with Gasteiger partial charge < -0.3 is 29.0 Å². The Labute approximate surface area is 201 Å². The third-order valence-electron chi connectivity index (χ3n) is 7.26. The van der Waals surface area contributed by atoms with Crippen LogP contribution in [0.4, 0.5) is 11.4 Å². The number of hydrogen-bond donors (Lipinski definition) is 1. The second kappa shape index (κ2) is 9.57. The number of carbonyl (C=O) groups is 1. The van der Waals surface area contributed by atoms with Gasteiger partial charge in [-0.25, -0.2) is 4.85 Å². The quantitative estimate of drug-likeness (QED) is 0.250. The number of epoxide rings is 2. The average molecular weight is 471 g/mol. The summed E-state index contributed by atoms with van der Waals surface area (Å²) in [6.07, 6.45) is 3.96. The Morgan fingerprint density at radius 1 is 1.35 bits per heavy atom. The molecule has 1 saturated carbocycles. The van der Waals surface area contributed by atoms with Gasteiger partial charge in [0.15, 0.2) is 0 Å². The normalized spacial score (nSPS) is 33.5. The number of rotatable bonds is 9. The van der Waals surface area contributed by atoms with E-state index in [1.54, 1.807) is 25.3 Å². The first-order valence-electron chi connectivity index (χ1n) is 11.7. The summed E-state index contributed by atoms with van der Waals surface area (Å²) in [7, 11) is 3.18. The molecule has 0 amide bonds. The van der Waals surface area contributed by atoms with Crippen molar-refractivity contribution in [3.63, 3.8) is 0 Å². The lowest BCUT2D eigenvalue weighted by molar-refractivity contribution is -0.170. The summed E-state index contributed by atoms with van der Waals surface area (Å²) >= 11 is 0. The monoisotopic (exact) mass is 470 g/mol. The Morgan fingerprint density at radius 2 is 2.12 bits per heavy atom. The number of benzene rings is 1. The number of ether oxygens (including phenoxy) is 5.